The summed E-state index contributed by atoms with van der Waals surface area (Å²) >= 11 is 6.59. The number of hydrogen-bond acceptors (Lipinski definition) is 7. The summed E-state index contributed by atoms with van der Waals surface area (Å²) in [6, 6.07) is 0. The summed E-state index contributed by atoms with van der Waals surface area (Å²) in [5.41, 5.74) is 1.61. The van der Waals surface area contributed by atoms with E-state index in [-0.39, 0.29) is 18.6 Å². The van der Waals surface area contributed by atoms with Crippen LogP contribution in [0, 0.1) is 18.8 Å². The van der Waals surface area contributed by atoms with Crippen molar-refractivity contribution < 1.29 is 30.0 Å². The first-order valence-corrected chi connectivity index (χ1v) is 11.0. The molecular weight excluding hydrogens is 402 g/mol. The molecule has 2 aliphatic rings. The average molecular weight is 438 g/mol. The fourth-order valence-corrected chi connectivity index (χ4v) is 2.74. The first-order valence-electron chi connectivity index (χ1n) is 9.17. The number of rotatable bonds is 4. The van der Waals surface area contributed by atoms with Gasteiger partial charge in [0, 0.05) is 19.5 Å². The molecule has 7 nitrogen and oxygen atoms in total. The lowest BCUT2D eigenvalue weighted by molar-refractivity contribution is -0.170. The van der Waals surface area contributed by atoms with Crippen molar-refractivity contribution in [2.24, 2.45) is 5.92 Å². The third kappa shape index (κ3) is 12.5. The van der Waals surface area contributed by atoms with Gasteiger partial charge in [-0.2, -0.15) is 11.8 Å². The number of aliphatic hydroxyl groups is 3. The van der Waals surface area contributed by atoms with Gasteiger partial charge >= 0.3 is 5.97 Å². The second kappa shape index (κ2) is 18.2. The molecule has 9 heteroatoms. The second-order valence-corrected chi connectivity index (χ2v) is 7.64. The number of piperidine rings is 1. The van der Waals surface area contributed by atoms with E-state index in [1.165, 1.54) is 5.75 Å². The molecule has 4 atom stereocenters. The molecule has 2 saturated heterocycles. The van der Waals surface area contributed by atoms with Crippen molar-refractivity contribution in [1.82, 2.24) is 4.90 Å². The molecule has 2 fully saturated rings. The molecule has 0 radical (unpaired) electrons. The zero-order chi connectivity index (χ0) is 22.1. The topological polar surface area (TPSA) is 110 Å². The van der Waals surface area contributed by atoms with Crippen LogP contribution in [-0.4, -0.2) is 92.9 Å². The van der Waals surface area contributed by atoms with E-state index in [4.69, 9.17) is 27.2 Å². The number of carboxylic acid groups (broad SMARTS) is 1. The van der Waals surface area contributed by atoms with E-state index in [1.54, 1.807) is 12.4 Å². The quantitative estimate of drug-likeness (QED) is 0.381. The highest BCUT2D eigenvalue weighted by molar-refractivity contribution is 7.98. The predicted molar refractivity (Wildman–Crippen MR) is 118 cm³/mol. The van der Waals surface area contributed by atoms with E-state index in [9.17, 15) is 15.0 Å². The van der Waals surface area contributed by atoms with Crippen molar-refractivity contribution >= 4 is 35.4 Å². The number of hydrogen-bond donors (Lipinski definition) is 4. The molecule has 164 valence electrons. The minimum Gasteiger partial charge on any atom is -0.481 e. The predicted octanol–water partition coefficient (Wildman–Crippen LogP) is 1.24. The van der Waals surface area contributed by atoms with Crippen molar-refractivity contribution in [3.8, 4) is 12.8 Å². The number of thioether (sulfide) groups is 1. The molecular formula is C19H35NO6S2. The Bertz CT molecular complexity index is 416. The highest BCUT2D eigenvalue weighted by Crippen LogP contribution is 2.19. The zero-order valence-corrected chi connectivity index (χ0v) is 18.6. The lowest BCUT2D eigenvalue weighted by Crippen LogP contribution is -2.47. The van der Waals surface area contributed by atoms with Crippen LogP contribution in [0.15, 0.2) is 0 Å². The lowest BCUT2D eigenvalue weighted by Gasteiger charge is -2.34. The third-order valence-electron chi connectivity index (χ3n) is 4.31. The molecule has 0 amide bonds. The van der Waals surface area contributed by atoms with Crippen LogP contribution in [0.5, 0.6) is 0 Å². The molecule has 0 unspecified atom stereocenters. The summed E-state index contributed by atoms with van der Waals surface area (Å²) in [5.74, 6) is 0.412. The van der Waals surface area contributed by atoms with Crippen molar-refractivity contribution in [1.29, 1.82) is 0 Å². The molecule has 0 bridgehead atoms. The van der Waals surface area contributed by atoms with Gasteiger partial charge in [-0.1, -0.05) is 19.1 Å². The summed E-state index contributed by atoms with van der Waals surface area (Å²) in [6.45, 7) is 5.30. The van der Waals surface area contributed by atoms with E-state index < -0.39 is 24.3 Å². The van der Waals surface area contributed by atoms with Crippen LogP contribution >= 0.6 is 24.0 Å². The Hall–Kier alpha value is -0.890. The fourth-order valence-electron chi connectivity index (χ4n) is 2.53. The smallest absolute Gasteiger partial charge is 0.306 e. The number of thiocarbonyl (C=S) groups is 1. The summed E-state index contributed by atoms with van der Waals surface area (Å²) < 4.78 is 5.16. The molecule has 0 aromatic heterocycles. The van der Waals surface area contributed by atoms with Gasteiger partial charge in [0.1, 0.15) is 6.10 Å². The molecule has 4 N–H and O–H groups in total. The first-order chi connectivity index (χ1) is 13.3. The largest absolute Gasteiger partial charge is 0.481 e. The highest BCUT2D eigenvalue weighted by atomic mass is 32.2. The SMILES string of the molecule is C#C.CCSC.C[C@H]1O[C@H](CO)C[C@H](O)[C@@H]1O.O=C(O)C1CCN(C=S)CC1. The molecule has 0 aromatic rings. The van der Waals surface area contributed by atoms with Gasteiger partial charge < -0.3 is 30.1 Å². The Morgan fingerprint density at radius 2 is 1.82 bits per heavy atom. The molecule has 2 heterocycles. The standard InChI is InChI=1S/C7H11NO2S.C7H14O4.C3H8S.C2H2/c9-7(10)6-1-3-8(5-11)4-2-6;1-4-7(10)6(9)2-5(3-8)11-4;1-3-4-2;1-2/h5-6H,1-4H2,(H,9,10);4-10H,2-3H2,1H3;3H2,1-2H3;1-2H/t;4-,5+,6+,7-;;/m.1../s1. The summed E-state index contributed by atoms with van der Waals surface area (Å²) in [5, 5.41) is 35.7. The second-order valence-electron chi connectivity index (χ2n) is 6.27. The Kier molecular flexibility index (Phi) is 19.0. The highest BCUT2D eigenvalue weighted by Gasteiger charge is 2.33. The number of aliphatic carboxylic acids is 1. The van der Waals surface area contributed by atoms with Crippen molar-refractivity contribution in [2.75, 3.05) is 31.7 Å². The van der Waals surface area contributed by atoms with Crippen molar-refractivity contribution in [3.05, 3.63) is 0 Å². The van der Waals surface area contributed by atoms with E-state index in [0.717, 1.165) is 25.9 Å². The molecule has 0 aliphatic carbocycles. The van der Waals surface area contributed by atoms with Gasteiger partial charge in [-0.3, -0.25) is 4.79 Å². The Labute approximate surface area is 178 Å². The van der Waals surface area contributed by atoms with Crippen LogP contribution in [-0.2, 0) is 9.53 Å². The van der Waals surface area contributed by atoms with E-state index >= 15 is 0 Å². The Morgan fingerprint density at radius 3 is 2.14 bits per heavy atom. The van der Waals surface area contributed by atoms with Gasteiger partial charge in [0.05, 0.1) is 36.3 Å². The van der Waals surface area contributed by atoms with Crippen molar-refractivity contribution in [2.45, 2.75) is 57.5 Å². The Balaban J connectivity index is 0. The van der Waals surface area contributed by atoms with Gasteiger partial charge in [-0.15, -0.1) is 12.8 Å². The van der Waals surface area contributed by atoms with Gasteiger partial charge in [0.25, 0.3) is 0 Å². The maximum absolute atomic E-state index is 10.5. The van der Waals surface area contributed by atoms with Gasteiger partial charge in [0.2, 0.25) is 0 Å². The number of carboxylic acids is 1. The van der Waals surface area contributed by atoms with E-state index in [1.807, 2.05) is 16.7 Å². The van der Waals surface area contributed by atoms with Crippen LogP contribution in [0.3, 0.4) is 0 Å². The van der Waals surface area contributed by atoms with Gasteiger partial charge in [-0.25, -0.2) is 0 Å². The molecule has 2 aliphatic heterocycles. The Morgan fingerprint density at radius 1 is 1.32 bits per heavy atom. The zero-order valence-electron chi connectivity index (χ0n) is 16.9. The number of ether oxygens (including phenoxy) is 1. The summed E-state index contributed by atoms with van der Waals surface area (Å²) in [6.07, 6.45) is 9.54. The van der Waals surface area contributed by atoms with E-state index in [2.05, 4.69) is 26.0 Å². The van der Waals surface area contributed by atoms with Crippen LogP contribution in [0.2, 0.25) is 0 Å². The number of carbonyl (C=O) groups is 1. The molecule has 2 rings (SSSR count). The summed E-state index contributed by atoms with van der Waals surface area (Å²) in [4.78, 5) is 12.5. The maximum atomic E-state index is 10.5. The molecule has 0 spiro atoms. The van der Waals surface area contributed by atoms with Gasteiger partial charge in [0.15, 0.2) is 0 Å². The molecule has 28 heavy (non-hydrogen) atoms. The lowest BCUT2D eigenvalue weighted by atomic mass is 9.98. The number of likely N-dealkylation sites (tertiary alicyclic amines) is 1. The maximum Gasteiger partial charge on any atom is 0.306 e. The number of terminal acetylenes is 1. The molecule has 0 aromatic carbocycles. The van der Waals surface area contributed by atoms with Crippen LogP contribution in [0.1, 0.15) is 33.1 Å². The number of nitrogens with zero attached hydrogens (tertiary/aromatic N) is 1. The van der Waals surface area contributed by atoms with E-state index in [0.29, 0.717) is 6.42 Å². The van der Waals surface area contributed by atoms with Crippen LogP contribution in [0.25, 0.3) is 0 Å². The van der Waals surface area contributed by atoms with Gasteiger partial charge in [-0.05, 0) is 31.8 Å². The third-order valence-corrected chi connectivity index (χ3v) is 5.18. The van der Waals surface area contributed by atoms with Crippen LogP contribution < -0.4 is 0 Å². The van der Waals surface area contributed by atoms with Crippen molar-refractivity contribution in [3.63, 3.8) is 0 Å². The average Bonchev–Trinajstić information content (AvgIpc) is 2.73. The monoisotopic (exact) mass is 437 g/mol. The molecule has 0 saturated carbocycles. The minimum absolute atomic E-state index is 0.103. The number of aliphatic hydroxyl groups excluding tert-OH is 3. The minimum atomic E-state index is -0.821. The fraction of sp³-hybridized carbons (Fsp3) is 0.789. The first kappa shape index (κ1) is 29.3. The van der Waals surface area contributed by atoms with Crippen LogP contribution in [0.4, 0.5) is 0 Å². The normalized spacial score (nSPS) is 26.9. The summed E-state index contributed by atoms with van der Waals surface area (Å²) in [7, 11) is 0.